The predicted octanol–water partition coefficient (Wildman–Crippen LogP) is 1.61. The van der Waals surface area contributed by atoms with Gasteiger partial charge >= 0.3 is 0 Å². The fourth-order valence-corrected chi connectivity index (χ4v) is 2.10. The highest BCUT2D eigenvalue weighted by Crippen LogP contribution is 2.17. The standard InChI is InChI=1S/C13H20N2O2/c1-16-13-12(3-2-6-15-13)10-17-9-11-4-7-14-8-5-11/h2-3,6,11,14H,4-5,7-10H2,1H3. The Bertz CT molecular complexity index is 338. The molecule has 0 radical (unpaired) electrons. The van der Waals surface area contributed by atoms with E-state index in [-0.39, 0.29) is 0 Å². The Morgan fingerprint density at radius 2 is 2.24 bits per heavy atom. The van der Waals surface area contributed by atoms with Gasteiger partial charge in [-0.15, -0.1) is 0 Å². The molecule has 0 amide bonds. The summed E-state index contributed by atoms with van der Waals surface area (Å²) in [7, 11) is 1.64. The lowest BCUT2D eigenvalue weighted by Gasteiger charge is -2.22. The van der Waals surface area contributed by atoms with Crippen LogP contribution < -0.4 is 10.1 Å². The van der Waals surface area contributed by atoms with E-state index in [9.17, 15) is 0 Å². The van der Waals surface area contributed by atoms with Gasteiger partial charge in [-0.2, -0.15) is 0 Å². The molecule has 0 bridgehead atoms. The summed E-state index contributed by atoms with van der Waals surface area (Å²) in [5, 5.41) is 3.36. The van der Waals surface area contributed by atoms with Crippen LogP contribution in [0, 0.1) is 5.92 Å². The van der Waals surface area contributed by atoms with E-state index < -0.39 is 0 Å². The normalized spacial score (nSPS) is 17.0. The van der Waals surface area contributed by atoms with Gasteiger partial charge in [0, 0.05) is 18.4 Å². The Balaban J connectivity index is 1.77. The maximum Gasteiger partial charge on any atom is 0.218 e. The first-order valence-corrected chi connectivity index (χ1v) is 6.16. The van der Waals surface area contributed by atoms with Crippen molar-refractivity contribution in [2.24, 2.45) is 5.92 Å². The molecule has 1 aromatic heterocycles. The fraction of sp³-hybridized carbons (Fsp3) is 0.615. The number of pyridine rings is 1. The van der Waals surface area contributed by atoms with Crippen molar-refractivity contribution in [3.05, 3.63) is 23.9 Å². The Hall–Kier alpha value is -1.13. The summed E-state index contributed by atoms with van der Waals surface area (Å²) >= 11 is 0. The second kappa shape index (κ2) is 6.57. The van der Waals surface area contributed by atoms with Gasteiger partial charge in [-0.3, -0.25) is 0 Å². The molecule has 0 aliphatic carbocycles. The molecule has 0 unspecified atom stereocenters. The van der Waals surface area contributed by atoms with E-state index in [1.165, 1.54) is 12.8 Å². The lowest BCUT2D eigenvalue weighted by molar-refractivity contribution is 0.0748. The Kier molecular flexibility index (Phi) is 4.76. The summed E-state index contributed by atoms with van der Waals surface area (Å²) < 4.78 is 10.9. The zero-order chi connectivity index (χ0) is 11.9. The van der Waals surface area contributed by atoms with E-state index in [0.29, 0.717) is 18.4 Å². The van der Waals surface area contributed by atoms with Gasteiger partial charge in [-0.1, -0.05) is 0 Å². The minimum absolute atomic E-state index is 0.584. The molecular formula is C13H20N2O2. The zero-order valence-electron chi connectivity index (χ0n) is 10.3. The monoisotopic (exact) mass is 236 g/mol. The second-order valence-corrected chi connectivity index (χ2v) is 4.38. The summed E-state index contributed by atoms with van der Waals surface area (Å²) in [6, 6.07) is 3.90. The first kappa shape index (κ1) is 12.3. The van der Waals surface area contributed by atoms with Crippen molar-refractivity contribution < 1.29 is 9.47 Å². The summed E-state index contributed by atoms with van der Waals surface area (Å²) in [5.41, 5.74) is 1.02. The average Bonchev–Trinajstić information content (AvgIpc) is 2.40. The molecule has 1 aliphatic rings. The molecule has 2 heterocycles. The van der Waals surface area contributed by atoms with E-state index in [0.717, 1.165) is 25.3 Å². The first-order chi connectivity index (χ1) is 8.40. The number of methoxy groups -OCH3 is 1. The third-order valence-electron chi connectivity index (χ3n) is 3.11. The molecular weight excluding hydrogens is 216 g/mol. The maximum absolute atomic E-state index is 5.75. The number of piperidine rings is 1. The Morgan fingerprint density at radius 3 is 3.00 bits per heavy atom. The third-order valence-corrected chi connectivity index (χ3v) is 3.11. The fourth-order valence-electron chi connectivity index (χ4n) is 2.10. The number of hydrogen-bond acceptors (Lipinski definition) is 4. The van der Waals surface area contributed by atoms with Gasteiger partial charge in [-0.25, -0.2) is 4.98 Å². The molecule has 0 saturated carbocycles. The molecule has 1 aliphatic heterocycles. The van der Waals surface area contributed by atoms with Crippen molar-refractivity contribution in [2.75, 3.05) is 26.8 Å². The van der Waals surface area contributed by atoms with Crippen LogP contribution in [0.25, 0.3) is 0 Å². The van der Waals surface area contributed by atoms with Gasteiger partial charge in [0.15, 0.2) is 0 Å². The molecule has 94 valence electrons. The molecule has 1 saturated heterocycles. The van der Waals surface area contributed by atoms with Crippen LogP contribution in [0.4, 0.5) is 0 Å². The highest BCUT2D eigenvalue weighted by Gasteiger charge is 2.13. The van der Waals surface area contributed by atoms with Gasteiger partial charge in [0.25, 0.3) is 0 Å². The molecule has 1 aromatic rings. The Morgan fingerprint density at radius 1 is 1.41 bits per heavy atom. The highest BCUT2D eigenvalue weighted by atomic mass is 16.5. The lowest BCUT2D eigenvalue weighted by Crippen LogP contribution is -2.29. The van der Waals surface area contributed by atoms with Crippen LogP contribution in [0.5, 0.6) is 5.88 Å². The van der Waals surface area contributed by atoms with Crippen LogP contribution in [0.1, 0.15) is 18.4 Å². The van der Waals surface area contributed by atoms with Crippen LogP contribution in [0.15, 0.2) is 18.3 Å². The molecule has 0 atom stereocenters. The highest BCUT2D eigenvalue weighted by molar-refractivity contribution is 5.24. The van der Waals surface area contributed by atoms with E-state index in [1.54, 1.807) is 13.3 Å². The van der Waals surface area contributed by atoms with Gasteiger partial charge < -0.3 is 14.8 Å². The van der Waals surface area contributed by atoms with Crippen molar-refractivity contribution >= 4 is 0 Å². The van der Waals surface area contributed by atoms with E-state index in [4.69, 9.17) is 9.47 Å². The van der Waals surface area contributed by atoms with E-state index in [2.05, 4.69) is 10.3 Å². The molecule has 4 heteroatoms. The largest absolute Gasteiger partial charge is 0.481 e. The van der Waals surface area contributed by atoms with Crippen LogP contribution in [-0.2, 0) is 11.3 Å². The number of nitrogens with zero attached hydrogens (tertiary/aromatic N) is 1. The van der Waals surface area contributed by atoms with Crippen LogP contribution in [-0.4, -0.2) is 31.8 Å². The minimum Gasteiger partial charge on any atom is -0.481 e. The lowest BCUT2D eigenvalue weighted by atomic mass is 9.99. The summed E-state index contributed by atoms with van der Waals surface area (Å²) in [5.74, 6) is 1.36. The van der Waals surface area contributed by atoms with Crippen molar-refractivity contribution in [1.82, 2.24) is 10.3 Å². The van der Waals surface area contributed by atoms with Crippen LogP contribution >= 0.6 is 0 Å². The first-order valence-electron chi connectivity index (χ1n) is 6.16. The third kappa shape index (κ3) is 3.68. The topological polar surface area (TPSA) is 43.4 Å². The number of rotatable bonds is 5. The van der Waals surface area contributed by atoms with Crippen molar-refractivity contribution in [1.29, 1.82) is 0 Å². The second-order valence-electron chi connectivity index (χ2n) is 4.38. The van der Waals surface area contributed by atoms with Crippen LogP contribution in [0.3, 0.4) is 0 Å². The maximum atomic E-state index is 5.75. The average molecular weight is 236 g/mol. The van der Waals surface area contributed by atoms with Gasteiger partial charge in [-0.05, 0) is 44.0 Å². The van der Waals surface area contributed by atoms with E-state index in [1.807, 2.05) is 12.1 Å². The van der Waals surface area contributed by atoms with Gasteiger partial charge in [0.05, 0.1) is 13.7 Å². The van der Waals surface area contributed by atoms with Crippen molar-refractivity contribution in [2.45, 2.75) is 19.4 Å². The van der Waals surface area contributed by atoms with E-state index >= 15 is 0 Å². The molecule has 0 spiro atoms. The van der Waals surface area contributed by atoms with Gasteiger partial charge in [0.2, 0.25) is 5.88 Å². The SMILES string of the molecule is COc1ncccc1COCC1CCNCC1. The molecule has 4 nitrogen and oxygen atoms in total. The smallest absolute Gasteiger partial charge is 0.218 e. The number of nitrogens with one attached hydrogen (secondary N) is 1. The summed E-state index contributed by atoms with van der Waals surface area (Å²) in [4.78, 5) is 4.15. The predicted molar refractivity (Wildman–Crippen MR) is 66.0 cm³/mol. The molecule has 1 fully saturated rings. The van der Waals surface area contributed by atoms with Crippen molar-refractivity contribution in [3.8, 4) is 5.88 Å². The molecule has 0 aromatic carbocycles. The summed E-state index contributed by atoms with van der Waals surface area (Å²) in [6.45, 7) is 3.65. The molecule has 1 N–H and O–H groups in total. The zero-order valence-corrected chi connectivity index (χ0v) is 10.3. The van der Waals surface area contributed by atoms with Crippen molar-refractivity contribution in [3.63, 3.8) is 0 Å². The molecule has 17 heavy (non-hydrogen) atoms. The Labute approximate surface area is 102 Å². The molecule has 2 rings (SSSR count). The number of aromatic nitrogens is 1. The van der Waals surface area contributed by atoms with Gasteiger partial charge in [0.1, 0.15) is 0 Å². The number of hydrogen-bond donors (Lipinski definition) is 1. The number of ether oxygens (including phenoxy) is 2. The minimum atomic E-state index is 0.584. The summed E-state index contributed by atoms with van der Waals surface area (Å²) in [6.07, 6.45) is 4.16. The van der Waals surface area contributed by atoms with Crippen LogP contribution in [0.2, 0.25) is 0 Å². The quantitative estimate of drug-likeness (QED) is 0.843.